The number of rotatable bonds is 14. The molecule has 0 fully saturated rings. The van der Waals surface area contributed by atoms with Crippen molar-refractivity contribution < 1.29 is 9.15 Å². The lowest BCUT2D eigenvalue weighted by atomic mass is 10.1. The molecule has 0 atom stereocenters. The first-order valence-electron chi connectivity index (χ1n) is 12.5. The molecule has 7 heteroatoms. The van der Waals surface area contributed by atoms with E-state index in [-0.39, 0.29) is 6.01 Å². The SMILES string of the molecule is CCCCCCCCCCn1c(-c2ccco2)nc2c(N)nc(OCCc3ccccc3)nc21. The monoisotopic (exact) mass is 461 g/mol. The molecule has 3 heterocycles. The predicted molar refractivity (Wildman–Crippen MR) is 136 cm³/mol. The molecular weight excluding hydrogens is 426 g/mol. The van der Waals surface area contributed by atoms with Crippen molar-refractivity contribution in [2.45, 2.75) is 71.3 Å². The minimum Gasteiger partial charge on any atom is -0.463 e. The molecule has 7 nitrogen and oxygen atoms in total. The van der Waals surface area contributed by atoms with Gasteiger partial charge in [-0.3, -0.25) is 0 Å². The van der Waals surface area contributed by atoms with Gasteiger partial charge in [0.2, 0.25) is 0 Å². The second-order valence-corrected chi connectivity index (χ2v) is 8.69. The molecule has 3 aromatic heterocycles. The van der Waals surface area contributed by atoms with Gasteiger partial charge in [-0.2, -0.15) is 9.97 Å². The molecule has 34 heavy (non-hydrogen) atoms. The molecule has 1 aromatic carbocycles. The van der Waals surface area contributed by atoms with Gasteiger partial charge in [0.15, 0.2) is 28.6 Å². The summed E-state index contributed by atoms with van der Waals surface area (Å²) in [5.41, 5.74) is 8.75. The molecule has 0 aliphatic carbocycles. The third kappa shape index (κ3) is 6.16. The molecule has 0 unspecified atom stereocenters. The average Bonchev–Trinajstić information content (AvgIpc) is 3.50. The average molecular weight is 462 g/mol. The van der Waals surface area contributed by atoms with Crippen molar-refractivity contribution in [1.82, 2.24) is 19.5 Å². The van der Waals surface area contributed by atoms with Crippen molar-refractivity contribution in [1.29, 1.82) is 0 Å². The summed E-state index contributed by atoms with van der Waals surface area (Å²) in [7, 11) is 0. The number of nitrogens with two attached hydrogens (primary N) is 1. The maximum Gasteiger partial charge on any atom is 0.320 e. The van der Waals surface area contributed by atoms with Crippen molar-refractivity contribution in [3.8, 4) is 17.6 Å². The number of nitrogens with zero attached hydrogens (tertiary/aromatic N) is 4. The van der Waals surface area contributed by atoms with E-state index in [0.29, 0.717) is 29.3 Å². The Balaban J connectivity index is 1.47. The lowest BCUT2D eigenvalue weighted by molar-refractivity contribution is 0.297. The Kier molecular flexibility index (Phi) is 8.54. The Morgan fingerprint density at radius 2 is 1.65 bits per heavy atom. The molecule has 4 aromatic rings. The lowest BCUT2D eigenvalue weighted by Gasteiger charge is -2.09. The van der Waals surface area contributed by atoms with Crippen molar-refractivity contribution in [3.63, 3.8) is 0 Å². The number of fused-ring (bicyclic) bond motifs is 1. The molecule has 0 spiro atoms. The molecular formula is C27H35N5O2. The van der Waals surface area contributed by atoms with Crippen molar-refractivity contribution in [3.05, 3.63) is 54.3 Å². The first-order valence-corrected chi connectivity index (χ1v) is 12.5. The third-order valence-corrected chi connectivity index (χ3v) is 6.04. The fraction of sp³-hybridized carbons (Fsp3) is 0.444. The van der Waals surface area contributed by atoms with Crippen LogP contribution in [-0.4, -0.2) is 26.1 Å². The van der Waals surface area contributed by atoms with Crippen LogP contribution in [0.3, 0.4) is 0 Å². The topological polar surface area (TPSA) is 92.0 Å². The number of hydrogen-bond donors (Lipinski definition) is 1. The van der Waals surface area contributed by atoms with Gasteiger partial charge in [0.1, 0.15) is 0 Å². The maximum atomic E-state index is 6.27. The van der Waals surface area contributed by atoms with E-state index in [1.54, 1.807) is 6.26 Å². The lowest BCUT2D eigenvalue weighted by Crippen LogP contribution is -2.07. The van der Waals surface area contributed by atoms with Gasteiger partial charge in [-0.15, -0.1) is 0 Å². The first kappa shape index (κ1) is 23.8. The summed E-state index contributed by atoms with van der Waals surface area (Å²) < 4.78 is 13.6. The quantitative estimate of drug-likeness (QED) is 0.218. The number of unbranched alkanes of at least 4 members (excludes halogenated alkanes) is 7. The molecule has 4 rings (SSSR count). The highest BCUT2D eigenvalue weighted by Crippen LogP contribution is 2.28. The van der Waals surface area contributed by atoms with Crippen LogP contribution in [0.15, 0.2) is 53.1 Å². The first-order chi connectivity index (χ1) is 16.8. The zero-order chi connectivity index (χ0) is 23.6. The molecule has 0 radical (unpaired) electrons. The fourth-order valence-corrected chi connectivity index (χ4v) is 4.18. The van der Waals surface area contributed by atoms with Crippen LogP contribution in [0.25, 0.3) is 22.7 Å². The molecule has 0 aliphatic heterocycles. The summed E-state index contributed by atoms with van der Waals surface area (Å²) in [5.74, 6) is 1.75. The van der Waals surface area contributed by atoms with Gasteiger partial charge in [0.25, 0.3) is 0 Å². The van der Waals surface area contributed by atoms with Crippen LogP contribution in [0.4, 0.5) is 5.82 Å². The zero-order valence-electron chi connectivity index (χ0n) is 20.1. The Hall–Kier alpha value is -3.35. The molecule has 2 N–H and O–H groups in total. The smallest absolute Gasteiger partial charge is 0.320 e. The number of anilines is 1. The van der Waals surface area contributed by atoms with Gasteiger partial charge >= 0.3 is 6.01 Å². The summed E-state index contributed by atoms with van der Waals surface area (Å²) in [4.78, 5) is 13.8. The number of aryl methyl sites for hydroxylation is 1. The Morgan fingerprint density at radius 1 is 0.882 bits per heavy atom. The largest absolute Gasteiger partial charge is 0.463 e. The minimum atomic E-state index is 0.281. The number of aromatic nitrogens is 4. The van der Waals surface area contributed by atoms with E-state index in [0.717, 1.165) is 25.2 Å². The maximum absolute atomic E-state index is 6.27. The minimum absolute atomic E-state index is 0.281. The number of nitrogen functional groups attached to an aromatic ring is 1. The number of benzene rings is 1. The molecule has 0 saturated carbocycles. The second-order valence-electron chi connectivity index (χ2n) is 8.69. The summed E-state index contributed by atoms with van der Waals surface area (Å²) in [6, 6.07) is 14.3. The van der Waals surface area contributed by atoms with Crippen LogP contribution in [0.5, 0.6) is 6.01 Å². The number of furan rings is 1. The Labute approximate surface area is 201 Å². The van der Waals surface area contributed by atoms with Crippen molar-refractivity contribution >= 4 is 17.0 Å². The highest BCUT2D eigenvalue weighted by atomic mass is 16.5. The van der Waals surface area contributed by atoms with Gasteiger partial charge in [0, 0.05) is 13.0 Å². The van der Waals surface area contributed by atoms with Crippen LogP contribution in [0.1, 0.15) is 63.9 Å². The molecule has 0 aliphatic rings. The molecule has 0 saturated heterocycles. The van der Waals surface area contributed by atoms with E-state index in [4.69, 9.17) is 24.9 Å². The van der Waals surface area contributed by atoms with E-state index >= 15 is 0 Å². The number of imidazole rings is 1. The Morgan fingerprint density at radius 3 is 2.38 bits per heavy atom. The third-order valence-electron chi connectivity index (χ3n) is 6.04. The van der Waals surface area contributed by atoms with Crippen LogP contribution >= 0.6 is 0 Å². The highest BCUT2D eigenvalue weighted by molar-refractivity contribution is 5.85. The normalized spacial score (nSPS) is 11.3. The van der Waals surface area contributed by atoms with E-state index < -0.39 is 0 Å². The van der Waals surface area contributed by atoms with Crippen LogP contribution < -0.4 is 10.5 Å². The van der Waals surface area contributed by atoms with Gasteiger partial charge in [-0.05, 0) is 24.1 Å². The summed E-state index contributed by atoms with van der Waals surface area (Å²) in [6.45, 7) is 3.52. The van der Waals surface area contributed by atoms with E-state index in [2.05, 4.69) is 28.6 Å². The summed E-state index contributed by atoms with van der Waals surface area (Å²) in [6.07, 6.45) is 12.5. The zero-order valence-corrected chi connectivity index (χ0v) is 20.1. The highest BCUT2D eigenvalue weighted by Gasteiger charge is 2.19. The van der Waals surface area contributed by atoms with Crippen LogP contribution in [0, 0.1) is 0 Å². The predicted octanol–water partition coefficient (Wildman–Crippen LogP) is 6.43. The second kappa shape index (κ2) is 12.2. The standard InChI is InChI=1S/C27H35N5O2/c1-2-3-4-5-6-7-8-12-18-32-25(22-16-13-19-33-22)29-23-24(28)30-27(31-26(23)32)34-20-17-21-14-10-9-11-15-21/h9-11,13-16,19H,2-8,12,17-18,20H2,1H3,(H2,28,30,31). The van der Waals surface area contributed by atoms with Crippen LogP contribution in [-0.2, 0) is 13.0 Å². The summed E-state index contributed by atoms with van der Waals surface area (Å²) in [5, 5.41) is 0. The molecule has 180 valence electrons. The number of ether oxygens (including phenoxy) is 1. The van der Waals surface area contributed by atoms with E-state index in [1.165, 1.54) is 50.5 Å². The van der Waals surface area contributed by atoms with E-state index in [9.17, 15) is 0 Å². The van der Waals surface area contributed by atoms with Gasteiger partial charge in [0.05, 0.1) is 12.9 Å². The Bertz CT molecular complexity index is 1140. The van der Waals surface area contributed by atoms with Gasteiger partial charge in [-0.25, -0.2) is 4.98 Å². The van der Waals surface area contributed by atoms with E-state index in [1.807, 2.05) is 30.3 Å². The molecule has 0 bridgehead atoms. The fourth-order valence-electron chi connectivity index (χ4n) is 4.18. The van der Waals surface area contributed by atoms with Gasteiger partial charge in [-0.1, -0.05) is 82.2 Å². The summed E-state index contributed by atoms with van der Waals surface area (Å²) >= 11 is 0. The van der Waals surface area contributed by atoms with Crippen molar-refractivity contribution in [2.24, 2.45) is 0 Å². The number of hydrogen-bond acceptors (Lipinski definition) is 6. The van der Waals surface area contributed by atoms with Crippen LogP contribution in [0.2, 0.25) is 0 Å². The molecule has 0 amide bonds. The van der Waals surface area contributed by atoms with Gasteiger partial charge < -0.3 is 19.5 Å². The van der Waals surface area contributed by atoms with Crippen molar-refractivity contribution in [2.75, 3.05) is 12.3 Å².